The molecule has 1 aromatic heterocycles. The second-order valence-electron chi connectivity index (χ2n) is 2.34. The first kappa shape index (κ1) is 8.10. The molecule has 0 atom stereocenters. The Morgan fingerprint density at radius 3 is 2.23 bits per heavy atom. The molecule has 67 valence electrons. The van der Waals surface area contributed by atoms with Crippen LogP contribution in [0.4, 0.5) is 17.6 Å². The van der Waals surface area contributed by atoms with Crippen LogP contribution >= 0.6 is 0 Å². The minimum Gasteiger partial charge on any atom is -0.460 e. The SMILES string of the molecule is Fc1c(F)c(F)c2oc[c]c2c1F. The molecule has 0 N–H and O–H groups in total. The van der Waals surface area contributed by atoms with E-state index < -0.39 is 34.2 Å². The van der Waals surface area contributed by atoms with Gasteiger partial charge in [0.15, 0.2) is 17.2 Å². The highest BCUT2D eigenvalue weighted by molar-refractivity contribution is 5.77. The van der Waals surface area contributed by atoms with Crippen LogP contribution in [0.2, 0.25) is 0 Å². The van der Waals surface area contributed by atoms with E-state index in [0.29, 0.717) is 0 Å². The van der Waals surface area contributed by atoms with Crippen molar-refractivity contribution in [3.8, 4) is 0 Å². The third-order valence-corrected chi connectivity index (χ3v) is 1.60. The van der Waals surface area contributed by atoms with Crippen LogP contribution in [0, 0.1) is 29.3 Å². The number of halogens is 4. The molecule has 0 aliphatic carbocycles. The van der Waals surface area contributed by atoms with Gasteiger partial charge in [-0.15, -0.1) is 0 Å². The van der Waals surface area contributed by atoms with Gasteiger partial charge < -0.3 is 4.42 Å². The normalized spacial score (nSPS) is 11.1. The van der Waals surface area contributed by atoms with E-state index in [2.05, 4.69) is 10.5 Å². The van der Waals surface area contributed by atoms with E-state index in [-0.39, 0.29) is 0 Å². The summed E-state index contributed by atoms with van der Waals surface area (Å²) < 4.78 is 55.0. The van der Waals surface area contributed by atoms with E-state index in [9.17, 15) is 17.6 Å². The standard InChI is InChI=1S/C8HF4O/c9-4-3-1-2-13-8(3)7(12)6(11)5(4)10/h2H. The maximum absolute atomic E-state index is 12.8. The highest BCUT2D eigenvalue weighted by Crippen LogP contribution is 2.26. The third-order valence-electron chi connectivity index (χ3n) is 1.60. The van der Waals surface area contributed by atoms with Gasteiger partial charge >= 0.3 is 0 Å². The van der Waals surface area contributed by atoms with E-state index in [4.69, 9.17) is 0 Å². The lowest BCUT2D eigenvalue weighted by Crippen LogP contribution is -1.95. The molecule has 0 amide bonds. The molecule has 5 heteroatoms. The molecule has 1 aromatic carbocycles. The van der Waals surface area contributed by atoms with Crippen molar-refractivity contribution < 1.29 is 22.0 Å². The van der Waals surface area contributed by atoms with E-state index >= 15 is 0 Å². The van der Waals surface area contributed by atoms with Crippen LogP contribution in [0.3, 0.4) is 0 Å². The van der Waals surface area contributed by atoms with E-state index in [1.165, 1.54) is 0 Å². The molecule has 2 aromatic rings. The Hall–Kier alpha value is -1.52. The maximum Gasteiger partial charge on any atom is 0.205 e. The fourth-order valence-electron chi connectivity index (χ4n) is 0.998. The fraction of sp³-hybridized carbons (Fsp3) is 0. The van der Waals surface area contributed by atoms with Gasteiger partial charge in [-0.1, -0.05) is 0 Å². The van der Waals surface area contributed by atoms with Crippen LogP contribution in [-0.4, -0.2) is 0 Å². The predicted molar refractivity (Wildman–Crippen MR) is 34.9 cm³/mol. The molecule has 0 saturated heterocycles. The molecule has 0 fully saturated rings. The van der Waals surface area contributed by atoms with Gasteiger partial charge in [0, 0.05) is 6.07 Å². The minimum atomic E-state index is -1.88. The van der Waals surface area contributed by atoms with Crippen molar-refractivity contribution in [3.05, 3.63) is 35.6 Å². The molecule has 0 unspecified atom stereocenters. The highest BCUT2D eigenvalue weighted by Gasteiger charge is 2.22. The zero-order valence-electron chi connectivity index (χ0n) is 6.00. The monoisotopic (exact) mass is 189 g/mol. The summed E-state index contributed by atoms with van der Waals surface area (Å²) in [4.78, 5) is 0. The van der Waals surface area contributed by atoms with Crippen molar-refractivity contribution in [2.24, 2.45) is 0 Å². The molecule has 2 rings (SSSR count). The third kappa shape index (κ3) is 0.929. The summed E-state index contributed by atoms with van der Waals surface area (Å²) in [5.74, 6) is -6.78. The van der Waals surface area contributed by atoms with Crippen LogP contribution in [0.25, 0.3) is 11.0 Å². The summed E-state index contributed by atoms with van der Waals surface area (Å²) in [5, 5.41) is -0.531. The molecule has 1 nitrogen and oxygen atoms in total. The van der Waals surface area contributed by atoms with E-state index in [1.807, 2.05) is 0 Å². The summed E-state index contributed by atoms with van der Waals surface area (Å²) in [5.41, 5.74) is -0.670. The van der Waals surface area contributed by atoms with Crippen molar-refractivity contribution in [3.63, 3.8) is 0 Å². The van der Waals surface area contributed by atoms with Crippen LogP contribution in [0.1, 0.15) is 0 Å². The first-order chi connectivity index (χ1) is 6.13. The predicted octanol–water partition coefficient (Wildman–Crippen LogP) is 2.79. The quantitative estimate of drug-likeness (QED) is 0.353. The first-order valence-corrected chi connectivity index (χ1v) is 3.23. The van der Waals surface area contributed by atoms with Crippen LogP contribution in [0.15, 0.2) is 10.7 Å². The number of fused-ring (bicyclic) bond motifs is 1. The van der Waals surface area contributed by atoms with Gasteiger partial charge in [0.25, 0.3) is 0 Å². The molecule has 0 saturated carbocycles. The van der Waals surface area contributed by atoms with Gasteiger partial charge in [0.2, 0.25) is 11.6 Å². The van der Waals surface area contributed by atoms with Crippen molar-refractivity contribution >= 4 is 11.0 Å². The summed E-state index contributed by atoms with van der Waals surface area (Å²) >= 11 is 0. The molecule has 0 aliphatic rings. The summed E-state index contributed by atoms with van der Waals surface area (Å²) in [6, 6.07) is 2.11. The molecule has 1 radical (unpaired) electrons. The Morgan fingerprint density at radius 1 is 0.923 bits per heavy atom. The molecular formula is C8HF4O. The lowest BCUT2D eigenvalue weighted by atomic mass is 10.2. The number of rotatable bonds is 0. The largest absolute Gasteiger partial charge is 0.460 e. The summed E-state index contributed by atoms with van der Waals surface area (Å²) in [7, 11) is 0. The average Bonchev–Trinajstić information content (AvgIpc) is 2.59. The van der Waals surface area contributed by atoms with Gasteiger partial charge in [-0.2, -0.15) is 4.39 Å². The molecule has 13 heavy (non-hydrogen) atoms. The first-order valence-electron chi connectivity index (χ1n) is 3.23. The van der Waals surface area contributed by atoms with Crippen LogP contribution in [0.5, 0.6) is 0 Å². The second-order valence-corrected chi connectivity index (χ2v) is 2.34. The Kier molecular flexibility index (Phi) is 1.55. The minimum absolute atomic E-state index is 0.531. The Balaban J connectivity index is 3.02. The topological polar surface area (TPSA) is 13.1 Å². The second kappa shape index (κ2) is 2.48. The number of benzene rings is 1. The van der Waals surface area contributed by atoms with Gasteiger partial charge in [-0.05, 0) is 0 Å². The lowest BCUT2D eigenvalue weighted by molar-refractivity contribution is 0.410. The Bertz CT molecular complexity index is 432. The Morgan fingerprint density at radius 2 is 1.54 bits per heavy atom. The van der Waals surface area contributed by atoms with Gasteiger partial charge in [0.1, 0.15) is 6.26 Å². The lowest BCUT2D eigenvalue weighted by Gasteiger charge is -1.97. The fourth-order valence-corrected chi connectivity index (χ4v) is 0.998. The molecular weight excluding hydrogens is 188 g/mol. The smallest absolute Gasteiger partial charge is 0.205 e. The van der Waals surface area contributed by atoms with Gasteiger partial charge in [-0.3, -0.25) is 0 Å². The maximum atomic E-state index is 12.8. The van der Waals surface area contributed by atoms with E-state index in [1.54, 1.807) is 0 Å². The van der Waals surface area contributed by atoms with E-state index in [0.717, 1.165) is 6.26 Å². The van der Waals surface area contributed by atoms with Crippen LogP contribution in [-0.2, 0) is 0 Å². The van der Waals surface area contributed by atoms with Gasteiger partial charge in [-0.25, -0.2) is 13.2 Å². The van der Waals surface area contributed by atoms with Crippen molar-refractivity contribution in [2.75, 3.05) is 0 Å². The molecule has 0 bridgehead atoms. The summed E-state index contributed by atoms with van der Waals surface area (Å²) in [6.07, 6.45) is 0.829. The van der Waals surface area contributed by atoms with Crippen molar-refractivity contribution in [1.29, 1.82) is 0 Å². The van der Waals surface area contributed by atoms with Crippen molar-refractivity contribution in [2.45, 2.75) is 0 Å². The number of hydrogen-bond acceptors (Lipinski definition) is 1. The zero-order valence-corrected chi connectivity index (χ0v) is 6.00. The number of hydrogen-bond donors (Lipinski definition) is 0. The summed E-state index contributed by atoms with van der Waals surface area (Å²) in [6.45, 7) is 0. The zero-order chi connectivity index (χ0) is 9.59. The number of furan rings is 1. The Labute approximate surface area is 69.6 Å². The average molecular weight is 189 g/mol. The van der Waals surface area contributed by atoms with Crippen LogP contribution < -0.4 is 0 Å². The highest BCUT2D eigenvalue weighted by atomic mass is 19.2. The molecule has 0 spiro atoms. The van der Waals surface area contributed by atoms with Gasteiger partial charge in [0.05, 0.1) is 5.39 Å². The molecule has 1 heterocycles. The molecule has 0 aliphatic heterocycles. The van der Waals surface area contributed by atoms with Crippen molar-refractivity contribution in [1.82, 2.24) is 0 Å².